The first-order valence-corrected chi connectivity index (χ1v) is 9.35. The second kappa shape index (κ2) is 6.89. The van der Waals surface area contributed by atoms with Crippen LogP contribution in [0, 0.1) is 0 Å². The normalized spacial score (nSPS) is 10.8. The summed E-state index contributed by atoms with van der Waals surface area (Å²) in [6, 6.07) is 9.19. The van der Waals surface area contributed by atoms with Crippen molar-refractivity contribution in [1.82, 2.24) is 14.4 Å². The van der Waals surface area contributed by atoms with Crippen molar-refractivity contribution in [2.45, 2.75) is 0 Å². The van der Waals surface area contributed by atoms with E-state index >= 15 is 0 Å². The Hall–Kier alpha value is -2.71. The molecule has 0 unspecified atom stereocenters. The van der Waals surface area contributed by atoms with E-state index in [-0.39, 0.29) is 5.91 Å². The highest BCUT2D eigenvalue weighted by Crippen LogP contribution is 2.31. The molecule has 0 fully saturated rings. The van der Waals surface area contributed by atoms with Gasteiger partial charge in [0.1, 0.15) is 5.75 Å². The van der Waals surface area contributed by atoms with Crippen LogP contribution < -0.4 is 10.1 Å². The number of hydrogen-bond acceptors (Lipinski definition) is 5. The molecule has 0 aliphatic carbocycles. The number of rotatable bonds is 4. The summed E-state index contributed by atoms with van der Waals surface area (Å²) in [6.45, 7) is 0. The Kier molecular flexibility index (Phi) is 4.44. The van der Waals surface area contributed by atoms with E-state index in [1.165, 1.54) is 11.3 Å². The molecule has 0 saturated carbocycles. The number of anilines is 1. The lowest BCUT2D eigenvalue weighted by molar-refractivity contribution is 0.103. The topological polar surface area (TPSA) is 68.5 Å². The molecule has 1 aromatic carbocycles. The number of halogens is 1. The third-order valence-corrected chi connectivity index (χ3v) is 5.46. The van der Waals surface area contributed by atoms with Crippen LogP contribution in [0.25, 0.3) is 17.0 Å². The van der Waals surface area contributed by atoms with E-state index < -0.39 is 0 Å². The van der Waals surface area contributed by atoms with Crippen LogP contribution in [0.5, 0.6) is 5.75 Å². The number of aromatic nitrogens is 3. The summed E-state index contributed by atoms with van der Waals surface area (Å²) in [5.41, 5.74) is 2.21. The zero-order chi connectivity index (χ0) is 18.1. The van der Waals surface area contributed by atoms with Gasteiger partial charge in [-0.2, -0.15) is 0 Å². The molecule has 3 aromatic heterocycles. The highest BCUT2D eigenvalue weighted by Gasteiger charge is 2.14. The van der Waals surface area contributed by atoms with Crippen LogP contribution >= 0.6 is 27.3 Å². The zero-order valence-electron chi connectivity index (χ0n) is 13.6. The zero-order valence-corrected chi connectivity index (χ0v) is 16.0. The summed E-state index contributed by atoms with van der Waals surface area (Å²) in [5.74, 6) is 1.01. The lowest BCUT2D eigenvalue weighted by Gasteiger charge is -2.11. The van der Waals surface area contributed by atoms with E-state index in [0.29, 0.717) is 22.1 Å². The number of ether oxygens (including phenoxy) is 1. The maximum absolute atomic E-state index is 12.5. The van der Waals surface area contributed by atoms with Gasteiger partial charge in [0, 0.05) is 34.0 Å². The minimum absolute atomic E-state index is 0.187. The number of nitrogens with one attached hydrogen (secondary N) is 1. The molecule has 3 heterocycles. The van der Waals surface area contributed by atoms with Gasteiger partial charge in [0.05, 0.1) is 23.4 Å². The monoisotopic (exact) mass is 428 g/mol. The molecule has 130 valence electrons. The second-order valence-electron chi connectivity index (χ2n) is 5.45. The molecule has 1 amide bonds. The van der Waals surface area contributed by atoms with Crippen LogP contribution in [-0.2, 0) is 0 Å². The number of nitrogens with zero attached hydrogens (tertiary/aromatic N) is 3. The minimum atomic E-state index is -0.187. The molecule has 0 bridgehead atoms. The number of carbonyl (C=O) groups excluding carboxylic acids is 1. The Labute approximate surface area is 161 Å². The fourth-order valence-electron chi connectivity index (χ4n) is 2.55. The van der Waals surface area contributed by atoms with E-state index in [1.807, 2.05) is 46.4 Å². The van der Waals surface area contributed by atoms with Gasteiger partial charge in [-0.3, -0.25) is 9.20 Å². The fourth-order valence-corrected chi connectivity index (χ4v) is 3.87. The lowest BCUT2D eigenvalue weighted by Crippen LogP contribution is -2.11. The molecule has 0 atom stereocenters. The Morgan fingerprint density at radius 3 is 2.96 bits per heavy atom. The Bertz CT molecular complexity index is 1070. The van der Waals surface area contributed by atoms with Crippen LogP contribution in [0.15, 0.2) is 58.8 Å². The molecule has 0 radical (unpaired) electrons. The van der Waals surface area contributed by atoms with Gasteiger partial charge in [0.15, 0.2) is 0 Å². The van der Waals surface area contributed by atoms with Gasteiger partial charge in [-0.1, -0.05) is 0 Å². The second-order valence-corrected chi connectivity index (χ2v) is 7.28. The maximum atomic E-state index is 12.5. The van der Waals surface area contributed by atoms with E-state index in [0.717, 1.165) is 15.7 Å². The van der Waals surface area contributed by atoms with Crippen molar-refractivity contribution in [3.05, 3.63) is 63.7 Å². The van der Waals surface area contributed by atoms with Crippen molar-refractivity contribution in [3.63, 3.8) is 0 Å². The van der Waals surface area contributed by atoms with Crippen molar-refractivity contribution < 1.29 is 9.53 Å². The van der Waals surface area contributed by atoms with Crippen LogP contribution in [0.4, 0.5) is 5.69 Å². The molecule has 0 spiro atoms. The smallest absolute Gasteiger partial charge is 0.265 e. The number of hydrogen-bond donors (Lipinski definition) is 1. The van der Waals surface area contributed by atoms with Gasteiger partial charge in [-0.15, -0.1) is 11.3 Å². The average molecular weight is 429 g/mol. The average Bonchev–Trinajstić information content (AvgIpc) is 3.27. The number of amides is 1. The molecule has 4 rings (SSSR count). The maximum Gasteiger partial charge on any atom is 0.265 e. The van der Waals surface area contributed by atoms with E-state index in [4.69, 9.17) is 4.74 Å². The van der Waals surface area contributed by atoms with E-state index in [2.05, 4.69) is 31.2 Å². The number of fused-ring (bicyclic) bond motifs is 1. The third-order valence-electron chi connectivity index (χ3n) is 3.77. The molecule has 8 heteroatoms. The molecule has 26 heavy (non-hydrogen) atoms. The van der Waals surface area contributed by atoms with Crippen molar-refractivity contribution in [1.29, 1.82) is 0 Å². The van der Waals surface area contributed by atoms with Gasteiger partial charge in [0.25, 0.3) is 5.91 Å². The van der Waals surface area contributed by atoms with Gasteiger partial charge in [-0.25, -0.2) is 9.97 Å². The molecule has 1 N–H and O–H groups in total. The first-order valence-electron chi connectivity index (χ1n) is 7.67. The highest BCUT2D eigenvalue weighted by molar-refractivity contribution is 9.10. The van der Waals surface area contributed by atoms with E-state index in [9.17, 15) is 4.79 Å². The Morgan fingerprint density at radius 1 is 1.35 bits per heavy atom. The summed E-state index contributed by atoms with van der Waals surface area (Å²) >= 11 is 4.73. The number of carbonyl (C=O) groups is 1. The largest absolute Gasteiger partial charge is 0.495 e. The number of thiophene rings is 1. The summed E-state index contributed by atoms with van der Waals surface area (Å²) < 4.78 is 8.11. The summed E-state index contributed by atoms with van der Waals surface area (Å²) in [6.07, 6.45) is 5.48. The van der Waals surface area contributed by atoms with E-state index in [1.54, 1.807) is 19.4 Å². The standard InChI is InChI=1S/C18H13BrN4O2S/c1-25-15-4-3-11(14-9-23-6-2-5-20-18(23)22-14)7-13(15)21-17(24)16-8-12(19)10-26-16/h2-10H,1H3,(H,21,24). The molecule has 0 saturated heterocycles. The molecular formula is C18H13BrN4O2S. The molecule has 0 aliphatic rings. The fraction of sp³-hybridized carbons (Fsp3) is 0.0556. The lowest BCUT2D eigenvalue weighted by atomic mass is 10.1. The van der Waals surface area contributed by atoms with Gasteiger partial charge in [-0.05, 0) is 46.3 Å². The molecule has 4 aromatic rings. The number of imidazole rings is 1. The van der Waals surface area contributed by atoms with Crippen molar-refractivity contribution >= 4 is 44.6 Å². The first kappa shape index (κ1) is 16.7. The predicted molar refractivity (Wildman–Crippen MR) is 105 cm³/mol. The molecule has 0 aliphatic heterocycles. The van der Waals surface area contributed by atoms with Crippen molar-refractivity contribution in [2.24, 2.45) is 0 Å². The highest BCUT2D eigenvalue weighted by atomic mass is 79.9. The Balaban J connectivity index is 1.69. The summed E-state index contributed by atoms with van der Waals surface area (Å²) in [7, 11) is 1.57. The van der Waals surface area contributed by atoms with Crippen LogP contribution in [0.2, 0.25) is 0 Å². The summed E-state index contributed by atoms with van der Waals surface area (Å²) in [4.78, 5) is 21.8. The summed E-state index contributed by atoms with van der Waals surface area (Å²) in [5, 5.41) is 4.78. The first-order chi connectivity index (χ1) is 12.6. The minimum Gasteiger partial charge on any atom is -0.495 e. The predicted octanol–water partition coefficient (Wildman–Crippen LogP) is 4.48. The quantitative estimate of drug-likeness (QED) is 0.520. The van der Waals surface area contributed by atoms with Gasteiger partial charge < -0.3 is 10.1 Å². The van der Waals surface area contributed by atoms with Crippen molar-refractivity contribution in [3.8, 4) is 17.0 Å². The van der Waals surface area contributed by atoms with Crippen LogP contribution in [0.1, 0.15) is 9.67 Å². The van der Waals surface area contributed by atoms with Crippen LogP contribution in [0.3, 0.4) is 0 Å². The van der Waals surface area contributed by atoms with Crippen molar-refractivity contribution in [2.75, 3.05) is 12.4 Å². The third kappa shape index (κ3) is 3.21. The Morgan fingerprint density at radius 2 is 2.23 bits per heavy atom. The van der Waals surface area contributed by atoms with Crippen LogP contribution in [-0.4, -0.2) is 27.4 Å². The molecule has 6 nitrogen and oxygen atoms in total. The molecular weight excluding hydrogens is 416 g/mol. The number of benzene rings is 1. The van der Waals surface area contributed by atoms with Gasteiger partial charge >= 0.3 is 0 Å². The van der Waals surface area contributed by atoms with Gasteiger partial charge in [0.2, 0.25) is 5.78 Å². The number of methoxy groups -OCH3 is 1. The SMILES string of the molecule is COc1ccc(-c2cn3cccnc3n2)cc1NC(=O)c1cc(Br)cs1.